The van der Waals surface area contributed by atoms with E-state index in [9.17, 15) is 0 Å². The molecular weight excluding hydrogens is 194 g/mol. The van der Waals surface area contributed by atoms with Crippen LogP contribution >= 0.6 is 0 Å². The summed E-state index contributed by atoms with van der Waals surface area (Å²) in [6.07, 6.45) is 0. The van der Waals surface area contributed by atoms with Crippen molar-refractivity contribution in [1.82, 2.24) is 15.5 Å². The van der Waals surface area contributed by atoms with E-state index in [-0.39, 0.29) is 5.60 Å². The van der Waals surface area contributed by atoms with Crippen LogP contribution in [0.3, 0.4) is 0 Å². The standard InChI is InChI=1S/C10H19N3O2/c1-8-12-9(15-13-8)7-11-5-6-14-10(2,3)4/h11H,5-7H2,1-4H3. The van der Waals surface area contributed by atoms with Crippen molar-refractivity contribution in [2.24, 2.45) is 0 Å². The average molecular weight is 213 g/mol. The maximum Gasteiger partial charge on any atom is 0.240 e. The maximum atomic E-state index is 5.54. The third-order valence-electron chi connectivity index (χ3n) is 1.66. The minimum atomic E-state index is -0.0806. The number of nitrogens with zero attached hydrogens (tertiary/aromatic N) is 2. The molecule has 0 amide bonds. The zero-order valence-corrected chi connectivity index (χ0v) is 9.83. The molecule has 15 heavy (non-hydrogen) atoms. The van der Waals surface area contributed by atoms with Crippen molar-refractivity contribution in [3.63, 3.8) is 0 Å². The lowest BCUT2D eigenvalue weighted by molar-refractivity contribution is -0.00104. The van der Waals surface area contributed by atoms with E-state index in [0.717, 1.165) is 6.54 Å². The lowest BCUT2D eigenvalue weighted by Gasteiger charge is -2.19. The third kappa shape index (κ3) is 5.49. The fourth-order valence-corrected chi connectivity index (χ4v) is 1.04. The molecule has 0 spiro atoms. The van der Waals surface area contributed by atoms with Crippen molar-refractivity contribution in [3.8, 4) is 0 Å². The van der Waals surface area contributed by atoms with Gasteiger partial charge in [0.1, 0.15) is 0 Å². The maximum absolute atomic E-state index is 5.54. The van der Waals surface area contributed by atoms with E-state index < -0.39 is 0 Å². The van der Waals surface area contributed by atoms with E-state index in [4.69, 9.17) is 9.26 Å². The van der Waals surface area contributed by atoms with E-state index in [0.29, 0.717) is 24.9 Å². The zero-order valence-electron chi connectivity index (χ0n) is 9.83. The third-order valence-corrected chi connectivity index (χ3v) is 1.66. The largest absolute Gasteiger partial charge is 0.375 e. The Kier molecular flexibility index (Phi) is 4.23. The molecule has 1 aromatic rings. The summed E-state index contributed by atoms with van der Waals surface area (Å²) in [7, 11) is 0. The lowest BCUT2D eigenvalue weighted by Crippen LogP contribution is -2.26. The molecule has 1 N–H and O–H groups in total. The van der Waals surface area contributed by atoms with Crippen LogP contribution in [0.2, 0.25) is 0 Å². The van der Waals surface area contributed by atoms with Gasteiger partial charge in [0.05, 0.1) is 18.8 Å². The molecular formula is C10H19N3O2. The van der Waals surface area contributed by atoms with Gasteiger partial charge >= 0.3 is 0 Å². The predicted molar refractivity (Wildman–Crippen MR) is 56.4 cm³/mol. The van der Waals surface area contributed by atoms with Crippen molar-refractivity contribution in [1.29, 1.82) is 0 Å². The van der Waals surface area contributed by atoms with E-state index in [1.165, 1.54) is 0 Å². The van der Waals surface area contributed by atoms with Crippen LogP contribution in [-0.2, 0) is 11.3 Å². The van der Waals surface area contributed by atoms with Crippen molar-refractivity contribution >= 4 is 0 Å². The SMILES string of the molecule is Cc1noc(CNCCOC(C)(C)C)n1. The summed E-state index contributed by atoms with van der Waals surface area (Å²) in [6.45, 7) is 9.95. The second-order valence-electron chi connectivity index (χ2n) is 4.37. The Morgan fingerprint density at radius 1 is 1.40 bits per heavy atom. The highest BCUT2D eigenvalue weighted by atomic mass is 16.5. The molecule has 1 aromatic heterocycles. The van der Waals surface area contributed by atoms with Gasteiger partial charge in [-0.3, -0.25) is 0 Å². The molecule has 0 fully saturated rings. The number of hydrogen-bond donors (Lipinski definition) is 1. The van der Waals surface area contributed by atoms with Gasteiger partial charge in [-0.1, -0.05) is 5.16 Å². The van der Waals surface area contributed by atoms with Gasteiger partial charge in [0.2, 0.25) is 5.89 Å². The quantitative estimate of drug-likeness (QED) is 0.747. The first-order valence-corrected chi connectivity index (χ1v) is 5.11. The van der Waals surface area contributed by atoms with Crippen molar-refractivity contribution < 1.29 is 9.26 Å². The van der Waals surface area contributed by atoms with Crippen molar-refractivity contribution in [2.45, 2.75) is 39.8 Å². The van der Waals surface area contributed by atoms with Crippen molar-refractivity contribution in [2.75, 3.05) is 13.2 Å². The second-order valence-corrected chi connectivity index (χ2v) is 4.37. The predicted octanol–water partition coefficient (Wildman–Crippen LogP) is 1.28. The Morgan fingerprint density at radius 2 is 2.13 bits per heavy atom. The summed E-state index contributed by atoms with van der Waals surface area (Å²) < 4.78 is 10.5. The first kappa shape index (κ1) is 12.1. The van der Waals surface area contributed by atoms with Crippen LogP contribution < -0.4 is 5.32 Å². The van der Waals surface area contributed by atoms with E-state index >= 15 is 0 Å². The Morgan fingerprint density at radius 3 is 2.67 bits per heavy atom. The molecule has 5 nitrogen and oxygen atoms in total. The number of rotatable bonds is 5. The van der Waals surface area contributed by atoms with Gasteiger partial charge in [-0.25, -0.2) is 0 Å². The van der Waals surface area contributed by atoms with Crippen LogP contribution in [0.5, 0.6) is 0 Å². The molecule has 0 bridgehead atoms. The van der Waals surface area contributed by atoms with Crippen LogP contribution in [0.25, 0.3) is 0 Å². The summed E-state index contributed by atoms with van der Waals surface area (Å²) in [5.74, 6) is 1.28. The van der Waals surface area contributed by atoms with E-state index in [2.05, 4.69) is 15.5 Å². The average Bonchev–Trinajstić information content (AvgIpc) is 2.49. The molecule has 0 aromatic carbocycles. The number of aromatic nitrogens is 2. The second kappa shape index (κ2) is 5.23. The smallest absolute Gasteiger partial charge is 0.240 e. The highest BCUT2D eigenvalue weighted by Gasteiger charge is 2.09. The molecule has 1 rings (SSSR count). The van der Waals surface area contributed by atoms with Crippen LogP contribution in [0.4, 0.5) is 0 Å². The van der Waals surface area contributed by atoms with Crippen LogP contribution in [-0.4, -0.2) is 28.9 Å². The van der Waals surface area contributed by atoms with Gasteiger partial charge < -0.3 is 14.6 Å². The fourth-order valence-electron chi connectivity index (χ4n) is 1.04. The minimum absolute atomic E-state index is 0.0806. The van der Waals surface area contributed by atoms with Crippen LogP contribution in [0.15, 0.2) is 4.52 Å². The Labute approximate surface area is 90.2 Å². The van der Waals surface area contributed by atoms with Crippen LogP contribution in [0, 0.1) is 6.92 Å². The molecule has 5 heteroatoms. The fraction of sp³-hybridized carbons (Fsp3) is 0.800. The first-order valence-electron chi connectivity index (χ1n) is 5.11. The van der Waals surface area contributed by atoms with Gasteiger partial charge in [0, 0.05) is 6.54 Å². The molecule has 0 aliphatic carbocycles. The molecule has 0 saturated carbocycles. The van der Waals surface area contributed by atoms with Gasteiger partial charge in [-0.2, -0.15) is 4.98 Å². The number of nitrogens with one attached hydrogen (secondary N) is 1. The summed E-state index contributed by atoms with van der Waals surface area (Å²) >= 11 is 0. The summed E-state index contributed by atoms with van der Waals surface area (Å²) in [4.78, 5) is 4.08. The number of hydrogen-bond acceptors (Lipinski definition) is 5. The summed E-state index contributed by atoms with van der Waals surface area (Å²) in [5, 5.41) is 6.86. The van der Waals surface area contributed by atoms with E-state index in [1.54, 1.807) is 6.92 Å². The number of aryl methyl sites for hydroxylation is 1. The summed E-state index contributed by atoms with van der Waals surface area (Å²) in [5.41, 5.74) is -0.0806. The van der Waals surface area contributed by atoms with Gasteiger partial charge in [-0.05, 0) is 27.7 Å². The molecule has 0 aliphatic heterocycles. The molecule has 1 heterocycles. The highest BCUT2D eigenvalue weighted by molar-refractivity contribution is 4.81. The molecule has 86 valence electrons. The molecule has 0 aliphatic rings. The van der Waals surface area contributed by atoms with Crippen molar-refractivity contribution in [3.05, 3.63) is 11.7 Å². The van der Waals surface area contributed by atoms with Gasteiger partial charge in [0.15, 0.2) is 5.82 Å². The monoisotopic (exact) mass is 213 g/mol. The first-order chi connectivity index (χ1) is 6.97. The van der Waals surface area contributed by atoms with E-state index in [1.807, 2.05) is 20.8 Å². The molecule has 0 saturated heterocycles. The normalized spacial score (nSPS) is 12.0. The summed E-state index contributed by atoms with van der Waals surface area (Å²) in [6, 6.07) is 0. The van der Waals surface area contributed by atoms with Gasteiger partial charge in [-0.15, -0.1) is 0 Å². The van der Waals surface area contributed by atoms with Crippen LogP contribution in [0.1, 0.15) is 32.5 Å². The highest BCUT2D eigenvalue weighted by Crippen LogP contribution is 2.05. The lowest BCUT2D eigenvalue weighted by atomic mass is 10.2. The number of ether oxygens (including phenoxy) is 1. The Bertz CT molecular complexity index is 291. The van der Waals surface area contributed by atoms with Gasteiger partial charge in [0.25, 0.3) is 0 Å². The topological polar surface area (TPSA) is 60.2 Å². The Balaban J connectivity index is 2.07. The molecule has 0 atom stereocenters. The Hall–Kier alpha value is -0.940. The molecule has 0 radical (unpaired) electrons. The minimum Gasteiger partial charge on any atom is -0.375 e. The molecule has 0 unspecified atom stereocenters. The zero-order chi connectivity index (χ0) is 11.3.